The lowest BCUT2D eigenvalue weighted by Gasteiger charge is -2.24. The second-order valence-electron chi connectivity index (χ2n) is 11.6. The number of hydrogen-bond acceptors (Lipinski definition) is 12. The standard InChI is InChI=1S/C30H46O12/c31-27(39-17-21-13-35-21)11-7-3-1-5-9-25(29(33)41-19-23-15-37-23)26(30(34)42-20-24-16-38-24)10-6-2-4-8-12-28(32)40-18-22-14-36-22/h21-26H,1-20H2. The van der Waals surface area contributed by atoms with Gasteiger partial charge in [0.2, 0.25) is 0 Å². The molecule has 238 valence electrons. The topological polar surface area (TPSA) is 155 Å². The Balaban J connectivity index is 1.19. The monoisotopic (exact) mass is 598 g/mol. The van der Waals surface area contributed by atoms with Crippen molar-refractivity contribution in [3.05, 3.63) is 0 Å². The molecule has 0 aromatic carbocycles. The number of epoxide rings is 4. The Hall–Kier alpha value is -2.28. The molecule has 0 saturated carbocycles. The predicted molar refractivity (Wildman–Crippen MR) is 145 cm³/mol. The third kappa shape index (κ3) is 14.3. The highest BCUT2D eigenvalue weighted by Crippen LogP contribution is 2.29. The number of unbranched alkanes of at least 4 members (excludes halogenated alkanes) is 6. The van der Waals surface area contributed by atoms with E-state index in [2.05, 4.69) is 0 Å². The molecule has 12 heteroatoms. The third-order valence-corrected chi connectivity index (χ3v) is 7.68. The Morgan fingerprint density at radius 3 is 1.12 bits per heavy atom. The van der Waals surface area contributed by atoms with Gasteiger partial charge in [0, 0.05) is 12.8 Å². The van der Waals surface area contributed by atoms with Gasteiger partial charge < -0.3 is 37.9 Å². The average Bonchev–Trinajstić information content (AvgIpc) is 3.80. The summed E-state index contributed by atoms with van der Waals surface area (Å²) in [6, 6.07) is 0. The molecule has 0 spiro atoms. The summed E-state index contributed by atoms with van der Waals surface area (Å²) >= 11 is 0. The Morgan fingerprint density at radius 2 is 0.786 bits per heavy atom. The van der Waals surface area contributed by atoms with Crippen LogP contribution in [0.2, 0.25) is 0 Å². The highest BCUT2D eigenvalue weighted by atomic mass is 16.6. The molecule has 4 rings (SSSR count). The Morgan fingerprint density at radius 1 is 0.476 bits per heavy atom. The number of carbonyl (C=O) groups excluding carboxylic acids is 4. The van der Waals surface area contributed by atoms with E-state index in [1.165, 1.54) is 0 Å². The number of ether oxygens (including phenoxy) is 8. The maximum atomic E-state index is 13.2. The fourth-order valence-corrected chi connectivity index (χ4v) is 4.68. The zero-order chi connectivity index (χ0) is 29.6. The van der Waals surface area contributed by atoms with Crippen LogP contribution in [-0.4, -0.2) is 101 Å². The van der Waals surface area contributed by atoms with Gasteiger partial charge in [-0.1, -0.05) is 38.5 Å². The van der Waals surface area contributed by atoms with Crippen molar-refractivity contribution in [2.45, 2.75) is 101 Å². The molecular formula is C30H46O12. The van der Waals surface area contributed by atoms with Crippen LogP contribution in [0.15, 0.2) is 0 Å². The maximum absolute atomic E-state index is 13.2. The normalized spacial score (nSPS) is 24.7. The maximum Gasteiger partial charge on any atom is 0.309 e. The van der Waals surface area contributed by atoms with Crippen molar-refractivity contribution in [3.8, 4) is 0 Å². The first kappa shape index (κ1) is 32.6. The lowest BCUT2D eigenvalue weighted by atomic mass is 9.83. The van der Waals surface area contributed by atoms with Gasteiger partial charge in [-0.3, -0.25) is 19.2 Å². The smallest absolute Gasteiger partial charge is 0.309 e. The van der Waals surface area contributed by atoms with E-state index >= 15 is 0 Å². The molecule has 0 aromatic heterocycles. The lowest BCUT2D eigenvalue weighted by Crippen LogP contribution is -2.34. The molecular weight excluding hydrogens is 552 g/mol. The van der Waals surface area contributed by atoms with Crippen LogP contribution in [0.4, 0.5) is 0 Å². The minimum absolute atomic E-state index is 0.0601. The second-order valence-corrected chi connectivity index (χ2v) is 11.6. The molecule has 0 N–H and O–H groups in total. The summed E-state index contributed by atoms with van der Waals surface area (Å²) in [7, 11) is 0. The van der Waals surface area contributed by atoms with Crippen molar-refractivity contribution in [1.29, 1.82) is 0 Å². The summed E-state index contributed by atoms with van der Waals surface area (Å²) in [6.07, 6.45) is 7.77. The molecule has 6 unspecified atom stereocenters. The summed E-state index contributed by atoms with van der Waals surface area (Å²) in [5, 5.41) is 0. The highest BCUT2D eigenvalue weighted by molar-refractivity contribution is 5.82. The van der Waals surface area contributed by atoms with E-state index in [1.807, 2.05) is 0 Å². The van der Waals surface area contributed by atoms with Gasteiger partial charge in [-0.2, -0.15) is 0 Å². The largest absolute Gasteiger partial charge is 0.463 e. The van der Waals surface area contributed by atoms with Gasteiger partial charge in [-0.25, -0.2) is 0 Å². The molecule has 0 aromatic rings. The van der Waals surface area contributed by atoms with Crippen molar-refractivity contribution in [2.24, 2.45) is 11.8 Å². The number of carbonyl (C=O) groups is 4. The van der Waals surface area contributed by atoms with E-state index in [1.54, 1.807) is 0 Å². The molecule has 4 aliphatic heterocycles. The van der Waals surface area contributed by atoms with E-state index < -0.39 is 23.8 Å². The van der Waals surface area contributed by atoms with Crippen LogP contribution in [0.5, 0.6) is 0 Å². The van der Waals surface area contributed by atoms with Crippen molar-refractivity contribution < 1.29 is 57.1 Å². The van der Waals surface area contributed by atoms with Gasteiger partial charge in [0.1, 0.15) is 50.8 Å². The number of hydrogen-bond donors (Lipinski definition) is 0. The molecule has 0 aliphatic carbocycles. The summed E-state index contributed by atoms with van der Waals surface area (Å²) in [6.45, 7) is 3.46. The molecule has 4 saturated heterocycles. The van der Waals surface area contributed by atoms with Crippen LogP contribution in [0.1, 0.15) is 77.0 Å². The van der Waals surface area contributed by atoms with Crippen LogP contribution in [-0.2, 0) is 57.1 Å². The zero-order valence-corrected chi connectivity index (χ0v) is 24.5. The minimum atomic E-state index is -0.625. The average molecular weight is 599 g/mol. The van der Waals surface area contributed by atoms with Crippen LogP contribution < -0.4 is 0 Å². The van der Waals surface area contributed by atoms with E-state index in [4.69, 9.17) is 37.9 Å². The van der Waals surface area contributed by atoms with Crippen LogP contribution in [0, 0.1) is 11.8 Å². The fourth-order valence-electron chi connectivity index (χ4n) is 4.68. The summed E-state index contributed by atoms with van der Waals surface area (Å²) in [5.74, 6) is -2.49. The quantitative estimate of drug-likeness (QED) is 0.0656. The molecule has 0 bridgehead atoms. The lowest BCUT2D eigenvalue weighted by molar-refractivity contribution is -0.162. The van der Waals surface area contributed by atoms with Crippen molar-refractivity contribution in [2.75, 3.05) is 52.9 Å². The van der Waals surface area contributed by atoms with Gasteiger partial charge in [0.05, 0.1) is 38.3 Å². The molecule has 42 heavy (non-hydrogen) atoms. The first-order valence-electron chi connectivity index (χ1n) is 15.6. The fraction of sp³-hybridized carbons (Fsp3) is 0.867. The minimum Gasteiger partial charge on any atom is -0.463 e. The zero-order valence-electron chi connectivity index (χ0n) is 24.5. The number of rotatable bonds is 25. The summed E-state index contributed by atoms with van der Waals surface area (Å²) < 4.78 is 41.9. The second kappa shape index (κ2) is 17.7. The van der Waals surface area contributed by atoms with Crippen molar-refractivity contribution in [1.82, 2.24) is 0 Å². The van der Waals surface area contributed by atoms with Crippen LogP contribution in [0.25, 0.3) is 0 Å². The molecule has 4 fully saturated rings. The van der Waals surface area contributed by atoms with E-state index in [0.717, 1.165) is 25.7 Å². The Bertz CT molecular complexity index is 792. The Kier molecular flexibility index (Phi) is 13.8. The van der Waals surface area contributed by atoms with E-state index in [9.17, 15) is 19.2 Å². The predicted octanol–water partition coefficient (Wildman–Crippen LogP) is 2.67. The molecule has 0 radical (unpaired) electrons. The van der Waals surface area contributed by atoms with E-state index in [-0.39, 0.29) is 49.6 Å². The SMILES string of the molecule is O=C(CCCCCCC(C(=O)OCC1CO1)C(CCCCCCC(=O)OCC1CO1)C(=O)OCC1CO1)OCC1CO1. The van der Waals surface area contributed by atoms with Gasteiger partial charge in [0.25, 0.3) is 0 Å². The van der Waals surface area contributed by atoms with Crippen LogP contribution in [0.3, 0.4) is 0 Å². The van der Waals surface area contributed by atoms with Crippen molar-refractivity contribution in [3.63, 3.8) is 0 Å². The van der Waals surface area contributed by atoms with Crippen molar-refractivity contribution >= 4 is 23.9 Å². The molecule has 4 heterocycles. The van der Waals surface area contributed by atoms with E-state index in [0.29, 0.717) is 91.0 Å². The Labute approximate surface area is 247 Å². The molecule has 12 nitrogen and oxygen atoms in total. The first-order valence-corrected chi connectivity index (χ1v) is 15.6. The van der Waals surface area contributed by atoms with Gasteiger partial charge in [-0.05, 0) is 25.7 Å². The van der Waals surface area contributed by atoms with Crippen LogP contribution >= 0.6 is 0 Å². The highest BCUT2D eigenvalue weighted by Gasteiger charge is 2.37. The van der Waals surface area contributed by atoms with Gasteiger partial charge in [0.15, 0.2) is 0 Å². The van der Waals surface area contributed by atoms with Gasteiger partial charge in [-0.15, -0.1) is 0 Å². The molecule has 4 aliphatic rings. The van der Waals surface area contributed by atoms with Gasteiger partial charge >= 0.3 is 23.9 Å². The third-order valence-electron chi connectivity index (χ3n) is 7.68. The summed E-state index contributed by atoms with van der Waals surface area (Å²) in [5.41, 5.74) is 0. The molecule has 0 amide bonds. The molecule has 6 atom stereocenters. The number of esters is 4. The summed E-state index contributed by atoms with van der Waals surface area (Å²) in [4.78, 5) is 50.1. The first-order chi connectivity index (χ1) is 20.5.